The molecule has 22 heavy (non-hydrogen) atoms. The highest BCUT2D eigenvalue weighted by Crippen LogP contribution is 2.18. The Morgan fingerprint density at radius 3 is 2.41 bits per heavy atom. The monoisotopic (exact) mass is 323 g/mol. The summed E-state index contributed by atoms with van der Waals surface area (Å²) in [5.74, 6) is -1.50. The number of rotatable bonds is 5. The fourth-order valence-electron chi connectivity index (χ4n) is 1.93. The number of hydrogen-bond acceptors (Lipinski definition) is 2. The number of hydrogen-bond donors (Lipinski definition) is 1. The van der Waals surface area contributed by atoms with E-state index in [2.05, 4.69) is 4.72 Å². The van der Waals surface area contributed by atoms with Crippen LogP contribution in [0.2, 0.25) is 0 Å². The van der Waals surface area contributed by atoms with Crippen LogP contribution in [-0.4, -0.2) is 8.42 Å². The average molecular weight is 323 g/mol. The molecule has 116 valence electrons. The summed E-state index contributed by atoms with van der Waals surface area (Å²) in [7, 11) is -3.75. The van der Waals surface area contributed by atoms with Gasteiger partial charge in [0.05, 0.1) is 0 Å². The average Bonchev–Trinajstić information content (AvgIpc) is 2.45. The third-order valence-electron chi connectivity index (χ3n) is 3.01. The van der Waals surface area contributed by atoms with Crippen molar-refractivity contribution in [3.63, 3.8) is 0 Å². The van der Waals surface area contributed by atoms with Gasteiger partial charge in [-0.2, -0.15) is 0 Å². The Morgan fingerprint density at radius 2 is 1.77 bits per heavy atom. The van der Waals surface area contributed by atoms with E-state index in [-0.39, 0.29) is 5.56 Å². The Kier molecular flexibility index (Phi) is 5.05. The van der Waals surface area contributed by atoms with Crippen molar-refractivity contribution >= 4 is 16.1 Å². The Balaban J connectivity index is 2.13. The van der Waals surface area contributed by atoms with Crippen molar-refractivity contribution in [2.24, 2.45) is 0 Å². The lowest BCUT2D eigenvalue weighted by molar-refractivity contribution is 0.544. The molecule has 0 aliphatic rings. The van der Waals surface area contributed by atoms with Crippen molar-refractivity contribution in [2.45, 2.75) is 13.0 Å². The molecule has 2 aromatic carbocycles. The standard InChI is InChI=1S/C16H15F2NO2S/c1-12(15-8-7-14(17)11-16(15)18)19-22(20,21)10-9-13-5-3-2-4-6-13/h2-12,19H,1H3/b10-9+/t12-/m0/s1. The Bertz CT molecular complexity index is 774. The summed E-state index contributed by atoms with van der Waals surface area (Å²) < 4.78 is 52.8. The van der Waals surface area contributed by atoms with Crippen molar-refractivity contribution < 1.29 is 17.2 Å². The summed E-state index contributed by atoms with van der Waals surface area (Å²) in [6, 6.07) is 11.1. The van der Waals surface area contributed by atoms with Gasteiger partial charge in [-0.1, -0.05) is 36.4 Å². The minimum atomic E-state index is -3.75. The number of nitrogens with one attached hydrogen (secondary N) is 1. The molecule has 0 heterocycles. The van der Waals surface area contributed by atoms with E-state index >= 15 is 0 Å². The quantitative estimate of drug-likeness (QED) is 0.913. The molecule has 2 aromatic rings. The fourth-order valence-corrected chi connectivity index (χ4v) is 2.97. The van der Waals surface area contributed by atoms with Gasteiger partial charge in [-0.15, -0.1) is 0 Å². The third kappa shape index (κ3) is 4.47. The van der Waals surface area contributed by atoms with Crippen LogP contribution in [0.15, 0.2) is 53.9 Å². The number of benzene rings is 2. The highest BCUT2D eigenvalue weighted by atomic mass is 32.2. The maximum absolute atomic E-state index is 13.6. The first-order valence-electron chi connectivity index (χ1n) is 6.58. The lowest BCUT2D eigenvalue weighted by Gasteiger charge is -2.13. The van der Waals surface area contributed by atoms with Gasteiger partial charge in [0.2, 0.25) is 10.0 Å². The number of sulfonamides is 1. The molecule has 0 bridgehead atoms. The molecule has 0 unspecified atom stereocenters. The van der Waals surface area contributed by atoms with Gasteiger partial charge in [-0.05, 0) is 24.6 Å². The Hall–Kier alpha value is -2.05. The topological polar surface area (TPSA) is 46.2 Å². The molecule has 3 nitrogen and oxygen atoms in total. The van der Waals surface area contributed by atoms with Crippen molar-refractivity contribution in [1.82, 2.24) is 4.72 Å². The minimum Gasteiger partial charge on any atom is -0.208 e. The lowest BCUT2D eigenvalue weighted by atomic mass is 10.1. The van der Waals surface area contributed by atoms with E-state index in [1.807, 2.05) is 6.07 Å². The zero-order valence-corrected chi connectivity index (χ0v) is 12.6. The largest absolute Gasteiger partial charge is 0.234 e. The third-order valence-corrected chi connectivity index (χ3v) is 4.19. The molecule has 0 aromatic heterocycles. The highest BCUT2D eigenvalue weighted by Gasteiger charge is 2.16. The zero-order valence-electron chi connectivity index (χ0n) is 11.8. The van der Waals surface area contributed by atoms with Gasteiger partial charge in [0, 0.05) is 23.1 Å². The van der Waals surface area contributed by atoms with Gasteiger partial charge < -0.3 is 0 Å². The predicted molar refractivity (Wildman–Crippen MR) is 82.3 cm³/mol. The second-order valence-corrected chi connectivity index (χ2v) is 6.36. The van der Waals surface area contributed by atoms with E-state index in [0.29, 0.717) is 0 Å². The van der Waals surface area contributed by atoms with Crippen LogP contribution in [-0.2, 0) is 10.0 Å². The summed E-state index contributed by atoms with van der Waals surface area (Å²) in [5, 5.41) is 1.01. The second-order valence-electron chi connectivity index (χ2n) is 4.76. The van der Waals surface area contributed by atoms with Gasteiger partial charge in [-0.3, -0.25) is 0 Å². The molecule has 0 amide bonds. The van der Waals surface area contributed by atoms with Crippen LogP contribution in [0, 0.1) is 11.6 Å². The fraction of sp³-hybridized carbons (Fsp3) is 0.125. The van der Waals surface area contributed by atoms with Crippen molar-refractivity contribution in [2.75, 3.05) is 0 Å². The van der Waals surface area contributed by atoms with Crippen molar-refractivity contribution in [1.29, 1.82) is 0 Å². The maximum atomic E-state index is 13.6. The minimum absolute atomic E-state index is 0.0816. The smallest absolute Gasteiger partial charge is 0.208 e. The molecule has 1 N–H and O–H groups in total. The van der Waals surface area contributed by atoms with Gasteiger partial charge in [0.15, 0.2) is 0 Å². The molecule has 1 atom stereocenters. The summed E-state index contributed by atoms with van der Waals surface area (Å²) in [5.41, 5.74) is 0.812. The van der Waals surface area contributed by atoms with Crippen LogP contribution in [0.1, 0.15) is 24.1 Å². The van der Waals surface area contributed by atoms with E-state index in [1.165, 1.54) is 19.1 Å². The zero-order chi connectivity index (χ0) is 16.2. The Morgan fingerprint density at radius 1 is 1.09 bits per heavy atom. The van der Waals surface area contributed by atoms with E-state index in [1.54, 1.807) is 24.3 Å². The molecule has 0 fully saturated rings. The summed E-state index contributed by atoms with van der Waals surface area (Å²) in [6.07, 6.45) is 1.44. The summed E-state index contributed by atoms with van der Waals surface area (Å²) in [6.45, 7) is 1.49. The van der Waals surface area contributed by atoms with Crippen LogP contribution in [0.3, 0.4) is 0 Å². The summed E-state index contributed by atoms with van der Waals surface area (Å²) >= 11 is 0. The molecule has 6 heteroatoms. The van der Waals surface area contributed by atoms with Gasteiger partial charge in [-0.25, -0.2) is 21.9 Å². The van der Waals surface area contributed by atoms with Crippen LogP contribution in [0.4, 0.5) is 8.78 Å². The molecule has 0 saturated heterocycles. The lowest BCUT2D eigenvalue weighted by Crippen LogP contribution is -2.25. The van der Waals surface area contributed by atoms with Gasteiger partial charge in [0.1, 0.15) is 11.6 Å². The number of halogens is 2. The van der Waals surface area contributed by atoms with Crippen molar-refractivity contribution in [3.8, 4) is 0 Å². The van der Waals surface area contributed by atoms with Crippen LogP contribution in [0.25, 0.3) is 6.08 Å². The maximum Gasteiger partial charge on any atom is 0.234 e. The molecule has 0 aliphatic heterocycles. The molecule has 2 rings (SSSR count). The van der Waals surface area contributed by atoms with E-state index in [4.69, 9.17) is 0 Å². The molecule has 0 saturated carbocycles. The van der Waals surface area contributed by atoms with Gasteiger partial charge in [0.25, 0.3) is 0 Å². The Labute approximate surface area is 128 Å². The molecular formula is C16H15F2NO2S. The first-order valence-corrected chi connectivity index (χ1v) is 8.12. The SMILES string of the molecule is C[C@H](NS(=O)(=O)/C=C/c1ccccc1)c1ccc(F)cc1F. The molecule has 0 spiro atoms. The van der Waals surface area contributed by atoms with Crippen molar-refractivity contribution in [3.05, 3.63) is 76.7 Å². The first-order chi connectivity index (χ1) is 10.4. The van der Waals surface area contributed by atoms with E-state index in [9.17, 15) is 17.2 Å². The normalized spacial score (nSPS) is 13.4. The molecule has 0 aliphatic carbocycles. The predicted octanol–water partition coefficient (Wildman–Crippen LogP) is 3.62. The summed E-state index contributed by atoms with van der Waals surface area (Å²) in [4.78, 5) is 0. The highest BCUT2D eigenvalue weighted by molar-refractivity contribution is 7.92. The van der Waals surface area contributed by atoms with Gasteiger partial charge >= 0.3 is 0 Å². The van der Waals surface area contributed by atoms with E-state index < -0.39 is 27.7 Å². The van der Waals surface area contributed by atoms with E-state index in [0.717, 1.165) is 23.1 Å². The van der Waals surface area contributed by atoms with Crippen LogP contribution < -0.4 is 4.72 Å². The molecule has 0 radical (unpaired) electrons. The first kappa shape index (κ1) is 16.3. The molecular weight excluding hydrogens is 308 g/mol. The van der Waals surface area contributed by atoms with Crippen LogP contribution in [0.5, 0.6) is 0 Å². The second kappa shape index (κ2) is 6.81. The van der Waals surface area contributed by atoms with Crippen LogP contribution >= 0.6 is 0 Å².